The molecule has 8 heteroatoms. The van der Waals surface area contributed by atoms with E-state index in [2.05, 4.69) is 27.5 Å². The average Bonchev–Trinajstić information content (AvgIpc) is 2.90. The third-order valence-corrected chi connectivity index (χ3v) is 4.76. The highest BCUT2D eigenvalue weighted by Gasteiger charge is 2.12. The summed E-state index contributed by atoms with van der Waals surface area (Å²) in [5.74, 6) is 0.415. The molecule has 0 saturated carbocycles. The number of nitrogens with zero attached hydrogens (tertiary/aromatic N) is 2. The second-order valence-electron chi connectivity index (χ2n) is 5.33. The van der Waals surface area contributed by atoms with Crippen LogP contribution < -0.4 is 10.6 Å². The van der Waals surface area contributed by atoms with E-state index >= 15 is 0 Å². The van der Waals surface area contributed by atoms with E-state index in [1.807, 2.05) is 6.92 Å². The maximum atomic E-state index is 13.0. The molecule has 0 saturated heterocycles. The monoisotopic (exact) mass is 478 g/mol. The summed E-state index contributed by atoms with van der Waals surface area (Å²) in [5.41, 5.74) is 1.98. The summed E-state index contributed by atoms with van der Waals surface area (Å²) in [6.07, 6.45) is -0.187. The summed E-state index contributed by atoms with van der Waals surface area (Å²) in [7, 11) is 3.35. The molecule has 1 atom stereocenters. The number of ether oxygens (including phenoxy) is 1. The maximum Gasteiger partial charge on any atom is 0.191 e. The van der Waals surface area contributed by atoms with E-state index in [1.54, 1.807) is 37.6 Å². The highest BCUT2D eigenvalue weighted by Crippen LogP contribution is 2.17. The lowest BCUT2D eigenvalue weighted by Crippen LogP contribution is -2.39. The Hall–Kier alpha value is -1.26. The zero-order valence-corrected chi connectivity index (χ0v) is 17.9. The summed E-state index contributed by atoms with van der Waals surface area (Å²) < 4.78 is 18.5. The number of aromatic nitrogens is 1. The second kappa shape index (κ2) is 10.7. The van der Waals surface area contributed by atoms with Crippen molar-refractivity contribution >= 4 is 41.3 Å². The van der Waals surface area contributed by atoms with Crippen LogP contribution in [0.3, 0.4) is 0 Å². The summed E-state index contributed by atoms with van der Waals surface area (Å²) in [6, 6.07) is 6.31. The van der Waals surface area contributed by atoms with Gasteiger partial charge in [0, 0.05) is 25.6 Å². The van der Waals surface area contributed by atoms with E-state index in [4.69, 9.17) is 4.74 Å². The molecule has 0 bridgehead atoms. The van der Waals surface area contributed by atoms with Crippen LogP contribution in [-0.2, 0) is 11.3 Å². The van der Waals surface area contributed by atoms with Gasteiger partial charge in [0.1, 0.15) is 10.8 Å². The molecule has 0 amide bonds. The molecule has 0 aliphatic heterocycles. The number of thiazole rings is 1. The van der Waals surface area contributed by atoms with Gasteiger partial charge in [0.05, 0.1) is 18.3 Å². The molecule has 1 aromatic heterocycles. The van der Waals surface area contributed by atoms with Crippen molar-refractivity contribution in [3.8, 4) is 0 Å². The molecule has 0 aliphatic carbocycles. The van der Waals surface area contributed by atoms with E-state index in [0.29, 0.717) is 19.0 Å². The Labute approximate surface area is 169 Å². The number of aliphatic imine (C=N–C) groups is 1. The van der Waals surface area contributed by atoms with Gasteiger partial charge < -0.3 is 15.4 Å². The molecular weight excluding hydrogens is 454 g/mol. The lowest BCUT2D eigenvalue weighted by atomic mass is 10.1. The minimum Gasteiger partial charge on any atom is -0.375 e. The fourth-order valence-electron chi connectivity index (χ4n) is 2.20. The Morgan fingerprint density at radius 1 is 1.28 bits per heavy atom. The zero-order chi connectivity index (χ0) is 17.5. The number of methoxy groups -OCH3 is 1. The Kier molecular flexibility index (Phi) is 9.30. The second-order valence-corrected chi connectivity index (χ2v) is 6.62. The first-order chi connectivity index (χ1) is 11.5. The number of hydrogen-bond donors (Lipinski definition) is 2. The number of benzene rings is 1. The molecule has 5 nitrogen and oxygen atoms in total. The normalized spacial score (nSPS) is 12.4. The molecule has 0 spiro atoms. The first kappa shape index (κ1) is 21.8. The molecule has 2 aromatic rings. The van der Waals surface area contributed by atoms with Crippen molar-refractivity contribution in [1.29, 1.82) is 0 Å². The van der Waals surface area contributed by atoms with Crippen LogP contribution in [0.1, 0.15) is 27.2 Å². The predicted molar refractivity (Wildman–Crippen MR) is 111 cm³/mol. The van der Waals surface area contributed by atoms with Gasteiger partial charge in [-0.3, -0.25) is 4.99 Å². The smallest absolute Gasteiger partial charge is 0.191 e. The van der Waals surface area contributed by atoms with Gasteiger partial charge in [-0.05, 0) is 31.5 Å². The summed E-state index contributed by atoms with van der Waals surface area (Å²) >= 11 is 1.68. The third kappa shape index (κ3) is 6.52. The number of halogens is 2. The predicted octanol–water partition coefficient (Wildman–Crippen LogP) is 3.57. The van der Waals surface area contributed by atoms with Crippen molar-refractivity contribution in [3.05, 3.63) is 51.2 Å². The third-order valence-electron chi connectivity index (χ3n) is 3.68. The van der Waals surface area contributed by atoms with E-state index < -0.39 is 0 Å². The van der Waals surface area contributed by atoms with Gasteiger partial charge in [0.2, 0.25) is 0 Å². The highest BCUT2D eigenvalue weighted by atomic mass is 127. The average molecular weight is 478 g/mol. The summed E-state index contributed by atoms with van der Waals surface area (Å²) in [5, 5.41) is 7.48. The number of nitrogens with one attached hydrogen (secondary N) is 2. The quantitative estimate of drug-likeness (QED) is 0.379. The van der Waals surface area contributed by atoms with E-state index in [9.17, 15) is 4.39 Å². The van der Waals surface area contributed by atoms with Crippen molar-refractivity contribution in [2.75, 3.05) is 20.7 Å². The van der Waals surface area contributed by atoms with Gasteiger partial charge in [-0.1, -0.05) is 12.1 Å². The molecule has 0 fully saturated rings. The van der Waals surface area contributed by atoms with Crippen molar-refractivity contribution in [2.24, 2.45) is 4.99 Å². The van der Waals surface area contributed by atoms with Crippen LogP contribution in [0.25, 0.3) is 0 Å². The molecule has 1 heterocycles. The summed E-state index contributed by atoms with van der Waals surface area (Å²) in [6.45, 7) is 5.22. The number of hydrogen-bond acceptors (Lipinski definition) is 4. The number of rotatable bonds is 6. The van der Waals surface area contributed by atoms with Crippen LogP contribution in [0, 0.1) is 19.7 Å². The first-order valence-electron chi connectivity index (χ1n) is 7.69. The highest BCUT2D eigenvalue weighted by molar-refractivity contribution is 14.0. The van der Waals surface area contributed by atoms with Gasteiger partial charge in [0.25, 0.3) is 0 Å². The molecule has 1 aromatic carbocycles. The molecule has 0 aliphatic rings. The van der Waals surface area contributed by atoms with E-state index in [-0.39, 0.29) is 35.9 Å². The fourth-order valence-corrected chi connectivity index (χ4v) is 3.07. The topological polar surface area (TPSA) is 58.5 Å². The maximum absolute atomic E-state index is 13.0. The van der Waals surface area contributed by atoms with Crippen LogP contribution >= 0.6 is 35.3 Å². The van der Waals surface area contributed by atoms with Crippen LogP contribution in [0.4, 0.5) is 4.39 Å². The molecule has 138 valence electrons. The SMILES string of the molecule is CN=C(NCc1nc(C)c(C)s1)NCC(OC)c1ccc(F)cc1.I. The lowest BCUT2D eigenvalue weighted by molar-refractivity contribution is 0.106. The van der Waals surface area contributed by atoms with Crippen LogP contribution in [0.15, 0.2) is 29.3 Å². The standard InChI is InChI=1S/C17H23FN4OS.HI/c1-11-12(2)24-16(22-11)10-21-17(19-3)20-9-15(23-4)13-5-7-14(18)8-6-13;/h5-8,15H,9-10H2,1-4H3,(H2,19,20,21);1H. The van der Waals surface area contributed by atoms with E-state index in [0.717, 1.165) is 16.3 Å². The molecule has 1 unspecified atom stereocenters. The van der Waals surface area contributed by atoms with Gasteiger partial charge in [-0.15, -0.1) is 35.3 Å². The number of aryl methyl sites for hydroxylation is 2. The molecule has 25 heavy (non-hydrogen) atoms. The fraction of sp³-hybridized carbons (Fsp3) is 0.412. The molecular formula is C17H24FIN4OS. The number of guanidine groups is 1. The largest absolute Gasteiger partial charge is 0.375 e. The van der Waals surface area contributed by atoms with Crippen molar-refractivity contribution in [1.82, 2.24) is 15.6 Å². The van der Waals surface area contributed by atoms with Crippen molar-refractivity contribution in [2.45, 2.75) is 26.5 Å². The minimum absolute atomic E-state index is 0. The van der Waals surface area contributed by atoms with Gasteiger partial charge in [-0.2, -0.15) is 0 Å². The van der Waals surface area contributed by atoms with Crippen LogP contribution in [0.2, 0.25) is 0 Å². The Morgan fingerprint density at radius 2 is 1.96 bits per heavy atom. The van der Waals surface area contributed by atoms with Crippen LogP contribution in [-0.4, -0.2) is 31.6 Å². The Balaban J connectivity index is 0.00000312. The molecule has 2 rings (SSSR count). The van der Waals surface area contributed by atoms with Crippen molar-refractivity contribution in [3.63, 3.8) is 0 Å². The van der Waals surface area contributed by atoms with Gasteiger partial charge in [-0.25, -0.2) is 9.37 Å². The van der Waals surface area contributed by atoms with E-state index in [1.165, 1.54) is 17.0 Å². The Morgan fingerprint density at radius 3 is 2.48 bits per heavy atom. The van der Waals surface area contributed by atoms with Gasteiger partial charge in [0.15, 0.2) is 5.96 Å². The summed E-state index contributed by atoms with van der Waals surface area (Å²) in [4.78, 5) is 9.93. The van der Waals surface area contributed by atoms with Crippen LogP contribution in [0.5, 0.6) is 0 Å². The Bertz CT molecular complexity index is 671. The zero-order valence-electron chi connectivity index (χ0n) is 14.8. The molecule has 2 N–H and O–H groups in total. The van der Waals surface area contributed by atoms with Crippen molar-refractivity contribution < 1.29 is 9.13 Å². The molecule has 0 radical (unpaired) electrons. The lowest BCUT2D eigenvalue weighted by Gasteiger charge is -2.18. The first-order valence-corrected chi connectivity index (χ1v) is 8.50. The minimum atomic E-state index is -0.256. The van der Waals surface area contributed by atoms with Gasteiger partial charge >= 0.3 is 0 Å².